The fourth-order valence-corrected chi connectivity index (χ4v) is 2.44. The molecule has 1 nitrogen and oxygen atoms in total. The van der Waals surface area contributed by atoms with Gasteiger partial charge in [0.1, 0.15) is 11.5 Å². The molecule has 0 N–H and O–H groups in total. The molecular formula is C15H14BrClO. The predicted octanol–water partition coefficient (Wildman–Crippen LogP) is 5.60. The second-order valence-corrected chi connectivity index (χ2v) is 5.44. The smallest absolute Gasteiger partial charge is 0.131 e. The van der Waals surface area contributed by atoms with Crippen LogP contribution in [0.1, 0.15) is 16.7 Å². The first-order valence-electron chi connectivity index (χ1n) is 5.69. The molecule has 2 rings (SSSR count). The van der Waals surface area contributed by atoms with Crippen LogP contribution < -0.4 is 4.74 Å². The topological polar surface area (TPSA) is 9.23 Å². The van der Waals surface area contributed by atoms with Crippen LogP contribution in [-0.4, -0.2) is 0 Å². The summed E-state index contributed by atoms with van der Waals surface area (Å²) in [6.07, 6.45) is 0. The number of benzene rings is 2. The van der Waals surface area contributed by atoms with Crippen molar-refractivity contribution in [2.75, 3.05) is 0 Å². The van der Waals surface area contributed by atoms with E-state index in [2.05, 4.69) is 22.0 Å². The standard InChI is InChI=1S/C15H14BrClO/c1-10-3-5-15(12(7-10)9-17)18-14-6-4-13(16)8-11(14)2/h3-8H,9H2,1-2H3. The summed E-state index contributed by atoms with van der Waals surface area (Å²) in [4.78, 5) is 0. The Morgan fingerprint density at radius 2 is 1.78 bits per heavy atom. The molecule has 0 saturated heterocycles. The number of alkyl halides is 1. The molecule has 0 amide bonds. The molecule has 94 valence electrons. The van der Waals surface area contributed by atoms with E-state index in [1.807, 2.05) is 44.2 Å². The van der Waals surface area contributed by atoms with Gasteiger partial charge >= 0.3 is 0 Å². The van der Waals surface area contributed by atoms with Crippen molar-refractivity contribution in [3.05, 3.63) is 57.6 Å². The maximum absolute atomic E-state index is 5.95. The zero-order chi connectivity index (χ0) is 13.1. The minimum atomic E-state index is 0.451. The predicted molar refractivity (Wildman–Crippen MR) is 79.7 cm³/mol. The van der Waals surface area contributed by atoms with Crippen LogP contribution in [0.5, 0.6) is 11.5 Å². The van der Waals surface area contributed by atoms with Gasteiger partial charge in [0.2, 0.25) is 0 Å². The molecule has 0 aliphatic heterocycles. The van der Waals surface area contributed by atoms with Gasteiger partial charge in [0, 0.05) is 10.0 Å². The monoisotopic (exact) mass is 324 g/mol. The van der Waals surface area contributed by atoms with Gasteiger partial charge in [-0.3, -0.25) is 0 Å². The van der Waals surface area contributed by atoms with Crippen molar-refractivity contribution in [1.29, 1.82) is 0 Å². The number of aryl methyl sites for hydroxylation is 2. The Morgan fingerprint density at radius 1 is 1.06 bits per heavy atom. The Balaban J connectivity index is 2.33. The summed E-state index contributed by atoms with van der Waals surface area (Å²) in [6, 6.07) is 12.0. The number of hydrogen-bond acceptors (Lipinski definition) is 1. The van der Waals surface area contributed by atoms with Crippen LogP contribution >= 0.6 is 27.5 Å². The molecule has 0 aliphatic carbocycles. The summed E-state index contributed by atoms with van der Waals surface area (Å²) in [7, 11) is 0. The van der Waals surface area contributed by atoms with Gasteiger partial charge in [0.15, 0.2) is 0 Å². The van der Waals surface area contributed by atoms with E-state index in [-0.39, 0.29) is 0 Å². The fraction of sp³-hybridized carbons (Fsp3) is 0.200. The van der Waals surface area contributed by atoms with E-state index >= 15 is 0 Å². The zero-order valence-corrected chi connectivity index (χ0v) is 12.7. The molecule has 18 heavy (non-hydrogen) atoms. The second kappa shape index (κ2) is 5.77. The van der Waals surface area contributed by atoms with Crippen LogP contribution in [0.15, 0.2) is 40.9 Å². The number of ether oxygens (including phenoxy) is 1. The molecule has 0 radical (unpaired) electrons. The lowest BCUT2D eigenvalue weighted by Gasteiger charge is -2.12. The Morgan fingerprint density at radius 3 is 2.44 bits per heavy atom. The van der Waals surface area contributed by atoms with Gasteiger partial charge in [-0.1, -0.05) is 33.6 Å². The molecule has 0 bridgehead atoms. The van der Waals surface area contributed by atoms with Crippen molar-refractivity contribution in [1.82, 2.24) is 0 Å². The number of halogens is 2. The zero-order valence-electron chi connectivity index (χ0n) is 10.3. The molecular weight excluding hydrogens is 312 g/mol. The van der Waals surface area contributed by atoms with Gasteiger partial charge < -0.3 is 4.74 Å². The lowest BCUT2D eigenvalue weighted by Crippen LogP contribution is -1.92. The summed E-state index contributed by atoms with van der Waals surface area (Å²) >= 11 is 9.39. The van der Waals surface area contributed by atoms with E-state index in [9.17, 15) is 0 Å². The average Bonchev–Trinajstić information content (AvgIpc) is 2.34. The van der Waals surface area contributed by atoms with Gasteiger partial charge in [-0.05, 0) is 43.7 Å². The van der Waals surface area contributed by atoms with Crippen molar-refractivity contribution >= 4 is 27.5 Å². The average molecular weight is 326 g/mol. The van der Waals surface area contributed by atoms with Crippen molar-refractivity contribution in [3.63, 3.8) is 0 Å². The molecule has 0 aromatic heterocycles. The molecule has 2 aromatic carbocycles. The Labute approximate surface area is 121 Å². The van der Waals surface area contributed by atoms with E-state index in [0.717, 1.165) is 27.1 Å². The maximum Gasteiger partial charge on any atom is 0.131 e. The first-order chi connectivity index (χ1) is 8.60. The largest absolute Gasteiger partial charge is 0.457 e. The first kappa shape index (κ1) is 13.4. The van der Waals surface area contributed by atoms with Gasteiger partial charge in [0.05, 0.1) is 5.88 Å². The van der Waals surface area contributed by atoms with Gasteiger partial charge in [0.25, 0.3) is 0 Å². The molecule has 0 fully saturated rings. The summed E-state index contributed by atoms with van der Waals surface area (Å²) in [5.74, 6) is 2.13. The number of hydrogen-bond donors (Lipinski definition) is 0. The van der Waals surface area contributed by atoms with Gasteiger partial charge in [-0.25, -0.2) is 0 Å². The second-order valence-electron chi connectivity index (χ2n) is 4.26. The van der Waals surface area contributed by atoms with E-state index in [1.165, 1.54) is 5.56 Å². The van der Waals surface area contributed by atoms with E-state index in [1.54, 1.807) is 0 Å². The quantitative estimate of drug-likeness (QED) is 0.668. The lowest BCUT2D eigenvalue weighted by atomic mass is 10.1. The van der Waals surface area contributed by atoms with Gasteiger partial charge in [-0.2, -0.15) is 0 Å². The molecule has 0 heterocycles. The van der Waals surface area contributed by atoms with E-state index < -0.39 is 0 Å². The maximum atomic E-state index is 5.95. The summed E-state index contributed by atoms with van der Waals surface area (Å²) in [6.45, 7) is 4.07. The molecule has 0 atom stereocenters. The van der Waals surface area contributed by atoms with Gasteiger partial charge in [-0.15, -0.1) is 11.6 Å². The molecule has 0 spiro atoms. The normalized spacial score (nSPS) is 10.4. The van der Waals surface area contributed by atoms with E-state index in [4.69, 9.17) is 16.3 Å². The first-order valence-corrected chi connectivity index (χ1v) is 7.02. The third kappa shape index (κ3) is 3.06. The molecule has 0 saturated carbocycles. The van der Waals surface area contributed by atoms with Crippen LogP contribution in [0.2, 0.25) is 0 Å². The highest BCUT2D eigenvalue weighted by Gasteiger charge is 2.06. The molecule has 0 aliphatic rings. The lowest BCUT2D eigenvalue weighted by molar-refractivity contribution is 0.474. The Hall–Kier alpha value is -0.990. The fourth-order valence-electron chi connectivity index (χ4n) is 1.76. The summed E-state index contributed by atoms with van der Waals surface area (Å²) in [5, 5.41) is 0. The van der Waals surface area contributed by atoms with Crippen LogP contribution in [-0.2, 0) is 5.88 Å². The Bertz CT molecular complexity index is 566. The third-order valence-electron chi connectivity index (χ3n) is 2.72. The van der Waals surface area contributed by atoms with Crippen molar-refractivity contribution in [2.24, 2.45) is 0 Å². The third-order valence-corrected chi connectivity index (χ3v) is 3.50. The highest BCUT2D eigenvalue weighted by Crippen LogP contribution is 2.30. The Kier molecular flexibility index (Phi) is 4.31. The molecule has 3 heteroatoms. The summed E-state index contributed by atoms with van der Waals surface area (Å²) in [5.41, 5.74) is 3.29. The molecule has 2 aromatic rings. The van der Waals surface area contributed by atoms with Crippen molar-refractivity contribution in [3.8, 4) is 11.5 Å². The summed E-state index contributed by atoms with van der Waals surface area (Å²) < 4.78 is 6.99. The van der Waals surface area contributed by atoms with Crippen molar-refractivity contribution < 1.29 is 4.74 Å². The van der Waals surface area contributed by atoms with Crippen LogP contribution in [0, 0.1) is 13.8 Å². The van der Waals surface area contributed by atoms with Crippen molar-refractivity contribution in [2.45, 2.75) is 19.7 Å². The minimum Gasteiger partial charge on any atom is -0.457 e. The van der Waals surface area contributed by atoms with Crippen LogP contribution in [0.3, 0.4) is 0 Å². The SMILES string of the molecule is Cc1ccc(Oc2ccc(Br)cc2C)c(CCl)c1. The van der Waals surface area contributed by atoms with Crippen LogP contribution in [0.25, 0.3) is 0 Å². The highest BCUT2D eigenvalue weighted by molar-refractivity contribution is 9.10. The van der Waals surface area contributed by atoms with E-state index in [0.29, 0.717) is 5.88 Å². The highest BCUT2D eigenvalue weighted by atomic mass is 79.9. The number of rotatable bonds is 3. The van der Waals surface area contributed by atoms with Crippen LogP contribution in [0.4, 0.5) is 0 Å². The molecule has 0 unspecified atom stereocenters. The minimum absolute atomic E-state index is 0.451.